The molecular weight excluding hydrogens is 336 g/mol. The molecule has 1 amide bonds. The van der Waals surface area contributed by atoms with Crippen LogP contribution >= 0.6 is 0 Å². The minimum Gasteiger partial charge on any atom is -0.475 e. The summed E-state index contributed by atoms with van der Waals surface area (Å²) in [5.41, 5.74) is 1.07. The van der Waals surface area contributed by atoms with Crippen LogP contribution < -0.4 is 20.7 Å². The van der Waals surface area contributed by atoms with Gasteiger partial charge in [-0.3, -0.25) is 4.79 Å². The van der Waals surface area contributed by atoms with Crippen molar-refractivity contribution in [3.63, 3.8) is 0 Å². The van der Waals surface area contributed by atoms with Crippen LogP contribution in [-0.2, 0) is 0 Å². The summed E-state index contributed by atoms with van der Waals surface area (Å²) in [6, 6.07) is 7.05. The van der Waals surface area contributed by atoms with Crippen LogP contribution in [0.3, 0.4) is 0 Å². The molecule has 0 spiro atoms. The number of carbonyl (C=O) groups excluding carboxylic acids is 1. The standard InChI is InChI=1S/C16H14N8O2/c1-18-13-6-12-21-11-3-2-9(7-17)16(23-11)26-5-4-19-15(25)10-8-20-24(13)14(10)22-12/h2-3,6,8,18H,4-5H2,1H3,(H,19,25)(H,21,22,23). The van der Waals surface area contributed by atoms with E-state index in [-0.39, 0.29) is 24.9 Å². The van der Waals surface area contributed by atoms with Crippen molar-refractivity contribution < 1.29 is 9.53 Å². The lowest BCUT2D eigenvalue weighted by Gasteiger charge is -2.11. The highest BCUT2D eigenvalue weighted by molar-refractivity contribution is 6.00. The van der Waals surface area contributed by atoms with Crippen LogP contribution in [0.5, 0.6) is 5.88 Å². The Balaban J connectivity index is 1.88. The second kappa shape index (κ2) is 6.21. The number of nitrogens with zero attached hydrogens (tertiary/aromatic N) is 5. The average Bonchev–Trinajstić information content (AvgIpc) is 3.08. The van der Waals surface area contributed by atoms with Crippen molar-refractivity contribution in [1.82, 2.24) is 24.9 Å². The predicted molar refractivity (Wildman–Crippen MR) is 92.6 cm³/mol. The van der Waals surface area contributed by atoms with E-state index >= 15 is 0 Å². The van der Waals surface area contributed by atoms with Gasteiger partial charge in [-0.25, -0.2) is 4.98 Å². The van der Waals surface area contributed by atoms with E-state index in [0.29, 0.717) is 34.2 Å². The Kier molecular flexibility index (Phi) is 3.74. The van der Waals surface area contributed by atoms with Crippen LogP contribution in [0.4, 0.5) is 17.5 Å². The van der Waals surface area contributed by atoms with Gasteiger partial charge in [0.2, 0.25) is 5.88 Å². The number of fused-ring (bicyclic) bond motifs is 3. The number of hydrogen-bond acceptors (Lipinski definition) is 8. The molecule has 0 saturated carbocycles. The third-order valence-corrected chi connectivity index (χ3v) is 3.84. The first-order valence-corrected chi connectivity index (χ1v) is 7.85. The minimum atomic E-state index is -0.310. The second-order valence-corrected chi connectivity index (χ2v) is 5.46. The van der Waals surface area contributed by atoms with Gasteiger partial charge in [-0.1, -0.05) is 0 Å². The smallest absolute Gasteiger partial charge is 0.256 e. The summed E-state index contributed by atoms with van der Waals surface area (Å²) in [6.45, 7) is 0.424. The molecule has 3 N–H and O–H groups in total. The van der Waals surface area contributed by atoms with E-state index in [0.717, 1.165) is 0 Å². The van der Waals surface area contributed by atoms with Crippen LogP contribution in [0.1, 0.15) is 15.9 Å². The molecule has 0 aliphatic carbocycles. The molecule has 0 aromatic carbocycles. The zero-order valence-corrected chi connectivity index (χ0v) is 13.8. The highest BCUT2D eigenvalue weighted by Gasteiger charge is 2.18. The molecule has 0 fully saturated rings. The van der Waals surface area contributed by atoms with Gasteiger partial charge < -0.3 is 20.7 Å². The normalized spacial score (nSPS) is 13.5. The SMILES string of the molecule is CNc1cc2nc3c(cnn13)C(=O)NCCOc1nc(ccc1C#N)N2. The van der Waals surface area contributed by atoms with Gasteiger partial charge >= 0.3 is 0 Å². The quantitative estimate of drug-likeness (QED) is 0.590. The molecule has 4 heterocycles. The highest BCUT2D eigenvalue weighted by Crippen LogP contribution is 2.24. The molecule has 1 aliphatic heterocycles. The van der Waals surface area contributed by atoms with Crippen LogP contribution in [0.25, 0.3) is 5.65 Å². The van der Waals surface area contributed by atoms with E-state index in [1.54, 1.807) is 29.8 Å². The van der Waals surface area contributed by atoms with Crippen LogP contribution in [0, 0.1) is 11.3 Å². The third-order valence-electron chi connectivity index (χ3n) is 3.84. The molecule has 0 atom stereocenters. The molecule has 0 unspecified atom stereocenters. The first kappa shape index (κ1) is 15.6. The second-order valence-electron chi connectivity index (χ2n) is 5.46. The number of aromatic nitrogens is 4. The molecule has 10 nitrogen and oxygen atoms in total. The van der Waals surface area contributed by atoms with Crippen LogP contribution in [-0.4, -0.2) is 45.7 Å². The van der Waals surface area contributed by atoms with Gasteiger partial charge in [0, 0.05) is 13.1 Å². The Bertz CT molecular complexity index is 1050. The van der Waals surface area contributed by atoms with Gasteiger partial charge in [0.05, 0.1) is 12.7 Å². The lowest BCUT2D eigenvalue weighted by Crippen LogP contribution is -2.28. The maximum absolute atomic E-state index is 12.4. The number of nitrogens with one attached hydrogen (secondary N) is 3. The first-order chi connectivity index (χ1) is 12.7. The minimum absolute atomic E-state index is 0.175. The molecule has 10 heteroatoms. The lowest BCUT2D eigenvalue weighted by atomic mass is 10.3. The number of nitriles is 1. The number of carbonyl (C=O) groups is 1. The Hall–Kier alpha value is -3.87. The number of ether oxygens (including phenoxy) is 1. The van der Waals surface area contributed by atoms with Gasteiger partial charge in [0.15, 0.2) is 5.65 Å². The molecule has 1 aliphatic rings. The van der Waals surface area contributed by atoms with Gasteiger partial charge in [-0.15, -0.1) is 0 Å². The molecule has 130 valence electrons. The summed E-state index contributed by atoms with van der Waals surface area (Å²) in [5.74, 6) is 1.48. The molecule has 0 saturated heterocycles. The summed E-state index contributed by atoms with van der Waals surface area (Å²) in [5, 5.41) is 22.3. The van der Waals surface area contributed by atoms with E-state index in [2.05, 4.69) is 31.0 Å². The molecular formula is C16H14N8O2. The zero-order chi connectivity index (χ0) is 18.1. The van der Waals surface area contributed by atoms with Crippen molar-refractivity contribution in [3.05, 3.63) is 35.5 Å². The van der Waals surface area contributed by atoms with E-state index in [1.165, 1.54) is 6.20 Å². The fraction of sp³-hybridized carbons (Fsp3) is 0.188. The molecule has 3 aromatic heterocycles. The fourth-order valence-corrected chi connectivity index (χ4v) is 2.61. The summed E-state index contributed by atoms with van der Waals surface area (Å²) >= 11 is 0. The molecule has 3 aromatic rings. The van der Waals surface area contributed by atoms with E-state index < -0.39 is 0 Å². The van der Waals surface area contributed by atoms with E-state index in [4.69, 9.17) is 4.74 Å². The maximum atomic E-state index is 12.4. The van der Waals surface area contributed by atoms with Gasteiger partial charge in [0.25, 0.3) is 5.91 Å². The van der Waals surface area contributed by atoms with Gasteiger partial charge in [0.1, 0.15) is 41.3 Å². The van der Waals surface area contributed by atoms with Crippen molar-refractivity contribution in [2.45, 2.75) is 0 Å². The summed E-state index contributed by atoms with van der Waals surface area (Å²) < 4.78 is 7.10. The average molecular weight is 350 g/mol. The largest absolute Gasteiger partial charge is 0.475 e. The van der Waals surface area contributed by atoms with Crippen molar-refractivity contribution >= 4 is 29.0 Å². The van der Waals surface area contributed by atoms with Gasteiger partial charge in [-0.2, -0.15) is 19.9 Å². The first-order valence-electron chi connectivity index (χ1n) is 7.85. The molecule has 4 bridgehead atoms. The lowest BCUT2D eigenvalue weighted by molar-refractivity contribution is 0.0948. The number of rotatable bonds is 1. The Morgan fingerprint density at radius 3 is 3.04 bits per heavy atom. The van der Waals surface area contributed by atoms with Crippen molar-refractivity contribution in [3.8, 4) is 11.9 Å². The highest BCUT2D eigenvalue weighted by atomic mass is 16.5. The van der Waals surface area contributed by atoms with Crippen molar-refractivity contribution in [1.29, 1.82) is 5.26 Å². The molecule has 4 rings (SSSR count). The van der Waals surface area contributed by atoms with Crippen LogP contribution in [0.2, 0.25) is 0 Å². The monoisotopic (exact) mass is 350 g/mol. The summed E-state index contributed by atoms with van der Waals surface area (Å²) in [6.07, 6.45) is 1.47. The number of anilines is 3. The number of hydrogen-bond donors (Lipinski definition) is 3. The zero-order valence-electron chi connectivity index (χ0n) is 13.8. The summed E-state index contributed by atoms with van der Waals surface area (Å²) in [4.78, 5) is 21.2. The van der Waals surface area contributed by atoms with Gasteiger partial charge in [-0.05, 0) is 12.1 Å². The fourth-order valence-electron chi connectivity index (χ4n) is 2.61. The predicted octanol–water partition coefficient (Wildman–Crippen LogP) is 0.903. The maximum Gasteiger partial charge on any atom is 0.256 e. The van der Waals surface area contributed by atoms with Crippen LogP contribution in [0.15, 0.2) is 24.4 Å². The molecule has 26 heavy (non-hydrogen) atoms. The number of amides is 1. The number of pyridine rings is 1. The Morgan fingerprint density at radius 1 is 1.35 bits per heavy atom. The van der Waals surface area contributed by atoms with Crippen molar-refractivity contribution in [2.75, 3.05) is 30.8 Å². The topological polar surface area (TPSA) is 129 Å². The Labute approximate surface area is 147 Å². The van der Waals surface area contributed by atoms with Crippen molar-refractivity contribution in [2.24, 2.45) is 0 Å². The van der Waals surface area contributed by atoms with E-state index in [9.17, 15) is 10.1 Å². The Morgan fingerprint density at radius 2 is 2.23 bits per heavy atom. The molecule has 0 radical (unpaired) electrons. The van der Waals surface area contributed by atoms with E-state index in [1.807, 2.05) is 6.07 Å². The third kappa shape index (κ3) is 2.61. The summed E-state index contributed by atoms with van der Waals surface area (Å²) in [7, 11) is 1.75.